The summed E-state index contributed by atoms with van der Waals surface area (Å²) >= 11 is 0. The number of ether oxygens (including phenoxy) is 3. The summed E-state index contributed by atoms with van der Waals surface area (Å²) < 4.78 is 46.3. The van der Waals surface area contributed by atoms with E-state index in [-0.39, 0.29) is 17.4 Å². The van der Waals surface area contributed by atoms with Crippen LogP contribution in [0.2, 0.25) is 0 Å². The predicted molar refractivity (Wildman–Crippen MR) is 124 cm³/mol. The van der Waals surface area contributed by atoms with Crippen LogP contribution in [0.15, 0.2) is 36.4 Å². The van der Waals surface area contributed by atoms with E-state index >= 15 is 0 Å². The van der Waals surface area contributed by atoms with Gasteiger partial charge in [-0.05, 0) is 48.9 Å². The summed E-state index contributed by atoms with van der Waals surface area (Å²) in [6, 6.07) is 10.5. The normalized spacial score (nSPS) is 18.6. The van der Waals surface area contributed by atoms with Gasteiger partial charge in [-0.25, -0.2) is 4.39 Å². The molecule has 0 spiro atoms. The molecule has 5 heteroatoms. The maximum Gasteiger partial charge on any atom is 0.201 e. The van der Waals surface area contributed by atoms with E-state index in [9.17, 15) is 8.78 Å². The minimum Gasteiger partial charge on any atom is -0.490 e. The van der Waals surface area contributed by atoms with Crippen molar-refractivity contribution in [1.82, 2.24) is 0 Å². The molecule has 1 fully saturated rings. The average molecular weight is 447 g/mol. The Hall–Kier alpha value is -1.98. The fourth-order valence-corrected chi connectivity index (χ4v) is 3.95. The second kappa shape index (κ2) is 12.9. The highest BCUT2D eigenvalue weighted by atomic mass is 19.2. The molecular weight excluding hydrogens is 410 g/mol. The molecule has 2 aromatic carbocycles. The average Bonchev–Trinajstić information content (AvgIpc) is 2.82. The van der Waals surface area contributed by atoms with E-state index in [0.29, 0.717) is 31.5 Å². The molecule has 1 aliphatic rings. The Bertz CT molecular complexity index is 814. The highest BCUT2D eigenvalue weighted by Gasteiger charge is 2.22. The van der Waals surface area contributed by atoms with Crippen molar-refractivity contribution in [2.24, 2.45) is 0 Å². The number of hydrogen-bond acceptors (Lipinski definition) is 3. The molecule has 1 aliphatic heterocycles. The van der Waals surface area contributed by atoms with Crippen LogP contribution in [-0.2, 0) is 16.1 Å². The van der Waals surface area contributed by atoms with Crippen molar-refractivity contribution >= 4 is 0 Å². The molecule has 1 heterocycles. The van der Waals surface area contributed by atoms with Gasteiger partial charge in [0.15, 0.2) is 11.6 Å². The first kappa shape index (κ1) is 24.7. The monoisotopic (exact) mass is 446 g/mol. The van der Waals surface area contributed by atoms with E-state index in [0.717, 1.165) is 37.7 Å². The number of unbranched alkanes of at least 4 members (excludes halogenated alkanes) is 3. The Morgan fingerprint density at radius 1 is 0.906 bits per heavy atom. The highest BCUT2D eigenvalue weighted by Crippen LogP contribution is 2.30. The standard InChI is InChI=1S/C27H36F2O3/c1-3-5-7-8-22-13-14-23(19-32-22)31-18-20-9-11-21(12-10-20)24-15-16-25(27(29)26(24)28)30-17-6-4-2/h9-12,15-16,22-23H,3-8,13-14,17-19H2,1-2H3. The maximum absolute atomic E-state index is 14.6. The molecule has 0 aromatic heterocycles. The molecule has 0 bridgehead atoms. The highest BCUT2D eigenvalue weighted by molar-refractivity contribution is 5.65. The molecule has 0 N–H and O–H groups in total. The first-order valence-electron chi connectivity index (χ1n) is 12.1. The Morgan fingerprint density at radius 2 is 1.69 bits per heavy atom. The molecule has 0 aliphatic carbocycles. The van der Waals surface area contributed by atoms with Gasteiger partial charge in [0.1, 0.15) is 0 Å². The molecular formula is C27H36F2O3. The second-order valence-corrected chi connectivity index (χ2v) is 8.60. The zero-order valence-corrected chi connectivity index (χ0v) is 19.4. The summed E-state index contributed by atoms with van der Waals surface area (Å²) in [5.41, 5.74) is 1.85. The lowest BCUT2D eigenvalue weighted by Gasteiger charge is -2.29. The maximum atomic E-state index is 14.6. The second-order valence-electron chi connectivity index (χ2n) is 8.60. The van der Waals surface area contributed by atoms with Gasteiger partial charge in [-0.3, -0.25) is 0 Å². The van der Waals surface area contributed by atoms with Gasteiger partial charge in [-0.15, -0.1) is 0 Å². The van der Waals surface area contributed by atoms with Gasteiger partial charge in [0.2, 0.25) is 5.82 Å². The van der Waals surface area contributed by atoms with E-state index in [1.54, 1.807) is 18.2 Å². The van der Waals surface area contributed by atoms with Gasteiger partial charge in [-0.1, -0.05) is 63.8 Å². The van der Waals surface area contributed by atoms with Crippen LogP contribution < -0.4 is 4.74 Å². The molecule has 0 radical (unpaired) electrons. The van der Waals surface area contributed by atoms with Crippen molar-refractivity contribution in [3.8, 4) is 16.9 Å². The molecule has 176 valence electrons. The molecule has 3 rings (SSSR count). The van der Waals surface area contributed by atoms with Crippen LogP contribution in [0.4, 0.5) is 8.78 Å². The van der Waals surface area contributed by atoms with Crippen molar-refractivity contribution in [3.05, 3.63) is 53.6 Å². The zero-order valence-electron chi connectivity index (χ0n) is 19.4. The number of rotatable bonds is 12. The summed E-state index contributed by atoms with van der Waals surface area (Å²) in [4.78, 5) is 0. The predicted octanol–water partition coefficient (Wildman–Crippen LogP) is 7.46. The van der Waals surface area contributed by atoms with Crippen LogP contribution in [0, 0.1) is 11.6 Å². The summed E-state index contributed by atoms with van der Waals surface area (Å²) in [5, 5.41) is 0. The summed E-state index contributed by atoms with van der Waals surface area (Å²) in [5.74, 6) is -1.85. The van der Waals surface area contributed by atoms with Crippen molar-refractivity contribution in [2.45, 2.75) is 84.0 Å². The first-order valence-corrected chi connectivity index (χ1v) is 12.1. The van der Waals surface area contributed by atoms with E-state index in [4.69, 9.17) is 14.2 Å². The summed E-state index contributed by atoms with van der Waals surface area (Å²) in [6.45, 7) is 5.74. The largest absolute Gasteiger partial charge is 0.490 e. The van der Waals surface area contributed by atoms with Gasteiger partial charge in [0.25, 0.3) is 0 Å². The fourth-order valence-electron chi connectivity index (χ4n) is 3.95. The van der Waals surface area contributed by atoms with E-state index in [1.807, 2.05) is 19.1 Å². The van der Waals surface area contributed by atoms with Crippen LogP contribution in [-0.4, -0.2) is 25.4 Å². The number of hydrogen-bond donors (Lipinski definition) is 0. The Balaban J connectivity index is 1.50. The van der Waals surface area contributed by atoms with Crippen LogP contribution in [0.5, 0.6) is 5.75 Å². The van der Waals surface area contributed by atoms with Gasteiger partial charge >= 0.3 is 0 Å². The lowest BCUT2D eigenvalue weighted by molar-refractivity contribution is -0.0927. The Labute approximate surface area is 191 Å². The Morgan fingerprint density at radius 3 is 2.38 bits per heavy atom. The smallest absolute Gasteiger partial charge is 0.201 e. The van der Waals surface area contributed by atoms with E-state index in [2.05, 4.69) is 6.92 Å². The van der Waals surface area contributed by atoms with Crippen molar-refractivity contribution in [3.63, 3.8) is 0 Å². The Kier molecular flexibility index (Phi) is 9.94. The van der Waals surface area contributed by atoms with Gasteiger partial charge in [-0.2, -0.15) is 4.39 Å². The van der Waals surface area contributed by atoms with Crippen molar-refractivity contribution in [1.29, 1.82) is 0 Å². The zero-order chi connectivity index (χ0) is 22.8. The lowest BCUT2D eigenvalue weighted by atomic mass is 10.0. The third-order valence-corrected chi connectivity index (χ3v) is 6.01. The fraction of sp³-hybridized carbons (Fsp3) is 0.556. The SMILES string of the molecule is CCCCCC1CCC(OCc2ccc(-c3ccc(OCCCC)c(F)c3F)cc2)CO1. The third-order valence-electron chi connectivity index (χ3n) is 6.01. The van der Waals surface area contributed by atoms with Crippen LogP contribution >= 0.6 is 0 Å². The third kappa shape index (κ3) is 7.01. The van der Waals surface area contributed by atoms with E-state index in [1.165, 1.54) is 25.3 Å². The van der Waals surface area contributed by atoms with Gasteiger partial charge in [0, 0.05) is 5.56 Å². The van der Waals surface area contributed by atoms with Gasteiger partial charge in [0.05, 0.1) is 32.0 Å². The van der Waals surface area contributed by atoms with E-state index < -0.39 is 11.6 Å². The van der Waals surface area contributed by atoms with Crippen LogP contribution in [0.1, 0.15) is 70.8 Å². The molecule has 1 saturated heterocycles. The van der Waals surface area contributed by atoms with Crippen LogP contribution in [0.3, 0.4) is 0 Å². The van der Waals surface area contributed by atoms with Crippen LogP contribution in [0.25, 0.3) is 11.1 Å². The summed E-state index contributed by atoms with van der Waals surface area (Å²) in [7, 11) is 0. The minimum absolute atomic E-state index is 0.0352. The quantitative estimate of drug-likeness (QED) is 0.317. The first-order chi connectivity index (χ1) is 15.6. The molecule has 0 amide bonds. The van der Waals surface area contributed by atoms with Crippen molar-refractivity contribution < 1.29 is 23.0 Å². The molecule has 2 atom stereocenters. The summed E-state index contributed by atoms with van der Waals surface area (Å²) in [6.07, 6.45) is 9.18. The molecule has 2 unspecified atom stereocenters. The molecule has 0 saturated carbocycles. The lowest BCUT2D eigenvalue weighted by Crippen LogP contribution is -2.31. The topological polar surface area (TPSA) is 27.7 Å². The molecule has 32 heavy (non-hydrogen) atoms. The number of halogens is 2. The van der Waals surface area contributed by atoms with Crippen molar-refractivity contribution in [2.75, 3.05) is 13.2 Å². The molecule has 3 nitrogen and oxygen atoms in total. The van der Waals surface area contributed by atoms with Gasteiger partial charge < -0.3 is 14.2 Å². The number of benzene rings is 2. The minimum atomic E-state index is -0.934. The molecule has 2 aromatic rings.